The Morgan fingerprint density at radius 3 is 2.03 bits per heavy atom. The molecule has 0 amide bonds. The molecule has 0 aliphatic heterocycles. The van der Waals surface area contributed by atoms with Gasteiger partial charge in [0.1, 0.15) is 0 Å². The molecule has 0 fully saturated rings. The van der Waals surface area contributed by atoms with Crippen LogP contribution < -0.4 is 10.9 Å². The molecule has 3 aromatic carbocycles. The van der Waals surface area contributed by atoms with E-state index in [1.54, 1.807) is 0 Å². The molecule has 0 spiro atoms. The van der Waals surface area contributed by atoms with Gasteiger partial charge in [0, 0.05) is 27.7 Å². The van der Waals surface area contributed by atoms with Crippen LogP contribution in [-0.2, 0) is 0 Å². The summed E-state index contributed by atoms with van der Waals surface area (Å²) in [6.07, 6.45) is 2.14. The number of para-hydroxylation sites is 1. The lowest BCUT2D eigenvalue weighted by Gasteiger charge is -2.29. The Balaban J connectivity index is 1.79. The monoisotopic (exact) mass is 439 g/mol. The van der Waals surface area contributed by atoms with Crippen LogP contribution in [0.1, 0.15) is 45.2 Å². The van der Waals surface area contributed by atoms with Gasteiger partial charge in [0.15, 0.2) is 10.9 Å². The zero-order valence-electron chi connectivity index (χ0n) is 19.4. The minimum Gasteiger partial charge on any atom is -0.354 e. The van der Waals surface area contributed by atoms with Crippen molar-refractivity contribution in [1.29, 1.82) is 0 Å². The number of H-pyrrole nitrogens is 2. The molecule has 2 heterocycles. The van der Waals surface area contributed by atoms with Crippen LogP contribution in [0.25, 0.3) is 43.6 Å². The molecule has 0 aliphatic rings. The van der Waals surface area contributed by atoms with Gasteiger partial charge in [-0.25, -0.2) is 0 Å². The average Bonchev–Trinajstić information content (AvgIpc) is 2.83. The highest BCUT2D eigenvalue weighted by Gasteiger charge is 2.20. The molecule has 2 aromatic heterocycles. The predicted octanol–water partition coefficient (Wildman–Crippen LogP) is 5.86. The van der Waals surface area contributed by atoms with Crippen LogP contribution in [0.3, 0.4) is 0 Å². The maximum Gasteiger partial charge on any atom is 0.197 e. The highest BCUT2D eigenvalue weighted by atomic mass is 16.1. The van der Waals surface area contributed by atoms with Crippen molar-refractivity contribution in [2.24, 2.45) is 0 Å². The van der Waals surface area contributed by atoms with Crippen molar-refractivity contribution in [2.75, 3.05) is 13.1 Å². The fourth-order valence-electron chi connectivity index (χ4n) is 5.09. The molecule has 0 aliphatic carbocycles. The third-order valence-corrected chi connectivity index (χ3v) is 6.70. The molecule has 5 heteroatoms. The van der Waals surface area contributed by atoms with Crippen LogP contribution in [0, 0.1) is 0 Å². The van der Waals surface area contributed by atoms with E-state index in [1.807, 2.05) is 48.5 Å². The van der Waals surface area contributed by atoms with Crippen LogP contribution in [-0.4, -0.2) is 28.0 Å². The molecular weight excluding hydrogens is 410 g/mol. The molecule has 5 nitrogen and oxygen atoms in total. The van der Waals surface area contributed by atoms with Crippen molar-refractivity contribution in [2.45, 2.75) is 39.7 Å². The number of hydrogen-bond acceptors (Lipinski definition) is 3. The van der Waals surface area contributed by atoms with Gasteiger partial charge in [0.2, 0.25) is 0 Å². The number of fused-ring (bicyclic) bond motifs is 4. The number of rotatable bonds is 6. The number of benzene rings is 3. The first-order valence-corrected chi connectivity index (χ1v) is 11.8. The average molecular weight is 440 g/mol. The molecule has 2 N–H and O–H groups in total. The predicted molar refractivity (Wildman–Crippen MR) is 138 cm³/mol. The molecule has 168 valence electrons. The lowest BCUT2D eigenvalue weighted by atomic mass is 9.98. The van der Waals surface area contributed by atoms with Crippen molar-refractivity contribution in [3.63, 3.8) is 0 Å². The standard InChI is InChI=1S/C28H29N3O2/c1-4-13-31(14-5-2)17(3)18-10-8-12-23-26(18)28(33)21-16-24-20(15-25(21)30-23)27(32)19-9-6-7-11-22(19)29-24/h6-12,15-17H,4-5,13-14H2,1-3H3,(H,29,32)(H,30,33). The highest BCUT2D eigenvalue weighted by molar-refractivity contribution is 6.03. The number of aromatic amines is 2. The summed E-state index contributed by atoms with van der Waals surface area (Å²) in [7, 11) is 0. The summed E-state index contributed by atoms with van der Waals surface area (Å²) >= 11 is 0. The summed E-state index contributed by atoms with van der Waals surface area (Å²) in [6.45, 7) is 8.56. The summed E-state index contributed by atoms with van der Waals surface area (Å²) in [4.78, 5) is 36.2. The summed E-state index contributed by atoms with van der Waals surface area (Å²) in [5.74, 6) is 0. The summed E-state index contributed by atoms with van der Waals surface area (Å²) in [5.41, 5.74) is 3.97. The third kappa shape index (κ3) is 3.53. The van der Waals surface area contributed by atoms with E-state index in [4.69, 9.17) is 0 Å². The van der Waals surface area contributed by atoms with Crippen LogP contribution in [0.4, 0.5) is 0 Å². The summed E-state index contributed by atoms with van der Waals surface area (Å²) in [6, 6.07) is 17.3. The van der Waals surface area contributed by atoms with Crippen LogP contribution in [0.5, 0.6) is 0 Å². The lowest BCUT2D eigenvalue weighted by Crippen LogP contribution is -2.29. The van der Waals surface area contributed by atoms with Crippen molar-refractivity contribution in [3.05, 3.63) is 80.6 Å². The summed E-state index contributed by atoms with van der Waals surface area (Å²) < 4.78 is 0. The molecular formula is C28H29N3O2. The van der Waals surface area contributed by atoms with Crippen molar-refractivity contribution < 1.29 is 0 Å². The molecule has 33 heavy (non-hydrogen) atoms. The minimum absolute atomic E-state index is 0.00468. The highest BCUT2D eigenvalue weighted by Crippen LogP contribution is 2.28. The van der Waals surface area contributed by atoms with Gasteiger partial charge in [-0.3, -0.25) is 14.5 Å². The SMILES string of the molecule is CCCN(CCC)C(C)c1cccc2[nH]c3cc4c(=O)c5ccccc5[nH]c4cc3c(=O)c12. The van der Waals surface area contributed by atoms with Gasteiger partial charge in [0.25, 0.3) is 0 Å². The normalized spacial score (nSPS) is 13.0. The number of nitrogens with one attached hydrogen (secondary N) is 2. The van der Waals surface area contributed by atoms with E-state index in [2.05, 4.69) is 41.7 Å². The van der Waals surface area contributed by atoms with E-state index >= 15 is 0 Å². The molecule has 0 saturated carbocycles. The number of aromatic nitrogens is 2. The smallest absolute Gasteiger partial charge is 0.197 e. The van der Waals surface area contributed by atoms with Gasteiger partial charge >= 0.3 is 0 Å². The second kappa shape index (κ2) is 8.49. The maximum absolute atomic E-state index is 13.8. The first kappa shape index (κ1) is 21.4. The number of nitrogens with zero attached hydrogens (tertiary/aromatic N) is 1. The molecule has 0 bridgehead atoms. The van der Waals surface area contributed by atoms with Crippen LogP contribution in [0.2, 0.25) is 0 Å². The first-order chi connectivity index (χ1) is 16.0. The van der Waals surface area contributed by atoms with Gasteiger partial charge in [-0.1, -0.05) is 38.1 Å². The Kier molecular flexibility index (Phi) is 5.51. The Morgan fingerprint density at radius 1 is 0.727 bits per heavy atom. The van der Waals surface area contributed by atoms with Crippen molar-refractivity contribution in [3.8, 4) is 0 Å². The van der Waals surface area contributed by atoms with E-state index in [9.17, 15) is 9.59 Å². The van der Waals surface area contributed by atoms with Crippen molar-refractivity contribution >= 4 is 43.6 Å². The second-order valence-corrected chi connectivity index (χ2v) is 8.88. The Morgan fingerprint density at radius 2 is 1.33 bits per heavy atom. The third-order valence-electron chi connectivity index (χ3n) is 6.70. The molecule has 1 unspecified atom stereocenters. The number of hydrogen-bond donors (Lipinski definition) is 2. The fourth-order valence-corrected chi connectivity index (χ4v) is 5.09. The zero-order valence-corrected chi connectivity index (χ0v) is 19.4. The van der Waals surface area contributed by atoms with E-state index < -0.39 is 0 Å². The molecule has 1 atom stereocenters. The number of pyridine rings is 2. The quantitative estimate of drug-likeness (QED) is 0.326. The molecule has 0 radical (unpaired) electrons. The maximum atomic E-state index is 13.8. The van der Waals surface area contributed by atoms with Gasteiger partial charge in [-0.15, -0.1) is 0 Å². The van der Waals surface area contributed by atoms with Crippen LogP contribution >= 0.6 is 0 Å². The minimum atomic E-state index is -0.0284. The Hall–Kier alpha value is -3.44. The van der Waals surface area contributed by atoms with Gasteiger partial charge in [-0.2, -0.15) is 0 Å². The lowest BCUT2D eigenvalue weighted by molar-refractivity contribution is 0.212. The van der Waals surface area contributed by atoms with Gasteiger partial charge in [-0.05, 0) is 68.8 Å². The Labute approximate surface area is 192 Å². The van der Waals surface area contributed by atoms with Gasteiger partial charge < -0.3 is 9.97 Å². The van der Waals surface area contributed by atoms with Gasteiger partial charge in [0.05, 0.1) is 21.9 Å². The summed E-state index contributed by atoms with van der Waals surface area (Å²) in [5, 5.41) is 2.56. The van der Waals surface area contributed by atoms with E-state index in [1.165, 1.54) is 0 Å². The van der Waals surface area contributed by atoms with Crippen LogP contribution in [0.15, 0.2) is 64.2 Å². The largest absolute Gasteiger partial charge is 0.354 e. The van der Waals surface area contributed by atoms with E-state index in [-0.39, 0.29) is 16.9 Å². The topological polar surface area (TPSA) is 69.0 Å². The molecule has 5 rings (SSSR count). The first-order valence-electron chi connectivity index (χ1n) is 11.8. The Bertz CT molecular complexity index is 1610. The van der Waals surface area contributed by atoms with Crippen molar-refractivity contribution in [1.82, 2.24) is 14.9 Å². The van der Waals surface area contributed by atoms with E-state index in [0.717, 1.165) is 47.9 Å². The molecule has 0 saturated heterocycles. The zero-order chi connectivity index (χ0) is 23.1. The van der Waals surface area contributed by atoms with E-state index in [0.29, 0.717) is 27.2 Å². The second-order valence-electron chi connectivity index (χ2n) is 8.88. The molecule has 5 aromatic rings. The fraction of sp³-hybridized carbons (Fsp3) is 0.286.